The minimum Gasteiger partial charge on any atom is -0.379 e. The third-order valence-corrected chi connectivity index (χ3v) is 5.93. The molecule has 28 heavy (non-hydrogen) atoms. The predicted molar refractivity (Wildman–Crippen MR) is 111 cm³/mol. The molecule has 7 nitrogen and oxygen atoms in total. The number of benzene rings is 1. The van der Waals surface area contributed by atoms with Crippen LogP contribution in [0.5, 0.6) is 0 Å². The summed E-state index contributed by atoms with van der Waals surface area (Å²) in [6.07, 6.45) is 1.77. The molecule has 7 heteroatoms. The summed E-state index contributed by atoms with van der Waals surface area (Å²) in [6.45, 7) is 9.99. The van der Waals surface area contributed by atoms with Crippen molar-refractivity contribution in [2.24, 2.45) is 5.92 Å². The number of morpholine rings is 1. The normalized spacial score (nSPS) is 19.2. The molecule has 0 aliphatic carbocycles. The van der Waals surface area contributed by atoms with Gasteiger partial charge in [0.25, 0.3) is 0 Å². The minimum atomic E-state index is 0.111. The first-order valence-electron chi connectivity index (χ1n) is 10.5. The maximum Gasteiger partial charge on any atom is 0.223 e. The van der Waals surface area contributed by atoms with Crippen LogP contribution in [0.2, 0.25) is 0 Å². The molecule has 2 aliphatic rings. The van der Waals surface area contributed by atoms with Crippen molar-refractivity contribution in [1.82, 2.24) is 19.8 Å². The van der Waals surface area contributed by atoms with Crippen LogP contribution in [0.1, 0.15) is 19.8 Å². The lowest BCUT2D eigenvalue weighted by molar-refractivity contribution is -0.125. The molecule has 2 aliphatic heterocycles. The van der Waals surface area contributed by atoms with Crippen molar-refractivity contribution in [2.45, 2.75) is 26.3 Å². The fraction of sp³-hybridized carbons (Fsp3) is 0.619. The number of nitrogens with one attached hydrogen (secondary N) is 1. The molecule has 2 aromatic rings. The monoisotopic (exact) mass is 385 g/mol. The van der Waals surface area contributed by atoms with E-state index < -0.39 is 0 Å². The summed E-state index contributed by atoms with van der Waals surface area (Å²) >= 11 is 0. The molecule has 1 amide bonds. The van der Waals surface area contributed by atoms with Gasteiger partial charge in [-0.05, 0) is 31.9 Å². The van der Waals surface area contributed by atoms with Gasteiger partial charge < -0.3 is 19.5 Å². The SMILES string of the molecule is CCn1c(N2CCC(C(=O)NCCN3CCOCC3)CC2)nc2ccccc21. The number of carbonyl (C=O) groups excluding carboxylic acids is 1. The number of amides is 1. The number of ether oxygens (including phenoxy) is 1. The van der Waals surface area contributed by atoms with Crippen molar-refractivity contribution < 1.29 is 9.53 Å². The summed E-state index contributed by atoms with van der Waals surface area (Å²) in [4.78, 5) is 22.1. The second-order valence-electron chi connectivity index (χ2n) is 7.65. The van der Waals surface area contributed by atoms with Gasteiger partial charge in [-0.1, -0.05) is 12.1 Å². The van der Waals surface area contributed by atoms with E-state index in [1.165, 1.54) is 5.52 Å². The molecule has 0 bridgehead atoms. The van der Waals surface area contributed by atoms with Crippen LogP contribution >= 0.6 is 0 Å². The van der Waals surface area contributed by atoms with E-state index >= 15 is 0 Å². The summed E-state index contributed by atoms with van der Waals surface area (Å²) in [5, 5.41) is 3.14. The summed E-state index contributed by atoms with van der Waals surface area (Å²) in [6, 6.07) is 8.30. The molecule has 0 atom stereocenters. The van der Waals surface area contributed by atoms with Crippen LogP contribution in [-0.2, 0) is 16.1 Å². The lowest BCUT2D eigenvalue weighted by atomic mass is 9.96. The molecule has 1 N–H and O–H groups in total. The van der Waals surface area contributed by atoms with Crippen LogP contribution in [0, 0.1) is 5.92 Å². The highest BCUT2D eigenvalue weighted by Gasteiger charge is 2.27. The van der Waals surface area contributed by atoms with Crippen LogP contribution in [0.3, 0.4) is 0 Å². The molecule has 152 valence electrons. The fourth-order valence-electron chi connectivity index (χ4n) is 4.26. The number of nitrogens with zero attached hydrogens (tertiary/aromatic N) is 4. The highest BCUT2D eigenvalue weighted by Crippen LogP contribution is 2.26. The first kappa shape index (κ1) is 19.2. The fourth-order valence-corrected chi connectivity index (χ4v) is 4.26. The number of imidazole rings is 1. The molecule has 1 aromatic carbocycles. The van der Waals surface area contributed by atoms with Gasteiger partial charge in [0.15, 0.2) is 0 Å². The molecule has 2 fully saturated rings. The number of fused-ring (bicyclic) bond motifs is 1. The number of hydrogen-bond donors (Lipinski definition) is 1. The van der Waals surface area contributed by atoms with Gasteiger partial charge >= 0.3 is 0 Å². The van der Waals surface area contributed by atoms with Gasteiger partial charge in [0.1, 0.15) is 0 Å². The first-order valence-corrected chi connectivity index (χ1v) is 10.5. The lowest BCUT2D eigenvalue weighted by Crippen LogP contribution is -2.44. The van der Waals surface area contributed by atoms with Gasteiger partial charge in [-0.3, -0.25) is 9.69 Å². The number of carbonyl (C=O) groups is 1. The number of para-hydroxylation sites is 2. The zero-order valence-corrected chi connectivity index (χ0v) is 16.8. The number of hydrogen-bond acceptors (Lipinski definition) is 5. The number of rotatable bonds is 6. The van der Waals surface area contributed by atoms with Gasteiger partial charge in [0, 0.05) is 51.7 Å². The Bertz CT molecular complexity index is 791. The van der Waals surface area contributed by atoms with Crippen molar-refractivity contribution in [1.29, 1.82) is 0 Å². The summed E-state index contributed by atoms with van der Waals surface area (Å²) in [7, 11) is 0. The van der Waals surface area contributed by atoms with Crippen LogP contribution < -0.4 is 10.2 Å². The summed E-state index contributed by atoms with van der Waals surface area (Å²) < 4.78 is 7.64. The zero-order valence-electron chi connectivity index (χ0n) is 16.8. The van der Waals surface area contributed by atoms with Crippen molar-refractivity contribution in [2.75, 3.05) is 57.4 Å². The van der Waals surface area contributed by atoms with Crippen LogP contribution in [0.15, 0.2) is 24.3 Å². The smallest absolute Gasteiger partial charge is 0.223 e. The van der Waals surface area contributed by atoms with Gasteiger partial charge in [0.2, 0.25) is 11.9 Å². The van der Waals surface area contributed by atoms with Crippen molar-refractivity contribution in [3.05, 3.63) is 24.3 Å². The molecule has 0 spiro atoms. The Balaban J connectivity index is 1.29. The third kappa shape index (κ3) is 4.15. The Kier molecular flexibility index (Phi) is 6.12. The molecule has 0 unspecified atom stereocenters. The number of piperidine rings is 1. The second kappa shape index (κ2) is 8.92. The first-order chi connectivity index (χ1) is 13.8. The zero-order chi connectivity index (χ0) is 19.3. The highest BCUT2D eigenvalue weighted by molar-refractivity contribution is 5.80. The summed E-state index contributed by atoms with van der Waals surface area (Å²) in [5.74, 6) is 1.35. The molecule has 0 saturated carbocycles. The Hall–Kier alpha value is -2.12. The Morgan fingerprint density at radius 1 is 1.18 bits per heavy atom. The maximum atomic E-state index is 12.6. The van der Waals surface area contributed by atoms with E-state index in [0.29, 0.717) is 0 Å². The standard InChI is InChI=1S/C21H31N5O2/c1-2-26-19-6-4-3-5-18(19)23-21(26)25-10-7-17(8-11-25)20(27)22-9-12-24-13-15-28-16-14-24/h3-6,17H,2,7-16H2,1H3,(H,22,27). The lowest BCUT2D eigenvalue weighted by Gasteiger charge is -2.32. The number of aryl methyl sites for hydroxylation is 1. The molecular formula is C21H31N5O2. The van der Waals surface area contributed by atoms with Crippen molar-refractivity contribution >= 4 is 22.9 Å². The van der Waals surface area contributed by atoms with Gasteiger partial charge in [0.05, 0.1) is 24.2 Å². The predicted octanol–water partition coefficient (Wildman–Crippen LogP) is 1.72. The van der Waals surface area contributed by atoms with E-state index in [4.69, 9.17) is 9.72 Å². The summed E-state index contributed by atoms with van der Waals surface area (Å²) in [5.41, 5.74) is 2.23. The van der Waals surface area contributed by atoms with E-state index in [1.54, 1.807) is 0 Å². The Labute approximate surface area is 166 Å². The topological polar surface area (TPSA) is 62.6 Å². The van der Waals surface area contributed by atoms with Crippen LogP contribution in [0.25, 0.3) is 11.0 Å². The average Bonchev–Trinajstić information content (AvgIpc) is 3.13. The Morgan fingerprint density at radius 3 is 2.68 bits per heavy atom. The van der Waals surface area contributed by atoms with Gasteiger partial charge in [-0.2, -0.15) is 0 Å². The van der Waals surface area contributed by atoms with E-state index in [1.807, 2.05) is 6.07 Å². The number of anilines is 1. The minimum absolute atomic E-state index is 0.111. The van der Waals surface area contributed by atoms with E-state index in [0.717, 1.165) is 83.3 Å². The maximum absolute atomic E-state index is 12.6. The molecule has 3 heterocycles. The van der Waals surface area contributed by atoms with E-state index in [2.05, 4.69) is 44.8 Å². The Morgan fingerprint density at radius 2 is 1.93 bits per heavy atom. The molecule has 4 rings (SSSR count). The second-order valence-corrected chi connectivity index (χ2v) is 7.65. The molecular weight excluding hydrogens is 354 g/mol. The van der Waals surface area contributed by atoms with Crippen LogP contribution in [0.4, 0.5) is 5.95 Å². The molecule has 1 aromatic heterocycles. The largest absolute Gasteiger partial charge is 0.379 e. The number of aromatic nitrogens is 2. The van der Waals surface area contributed by atoms with E-state index in [-0.39, 0.29) is 11.8 Å². The average molecular weight is 386 g/mol. The highest BCUT2D eigenvalue weighted by atomic mass is 16.5. The quantitative estimate of drug-likeness (QED) is 0.820. The third-order valence-electron chi connectivity index (χ3n) is 5.93. The van der Waals surface area contributed by atoms with Crippen molar-refractivity contribution in [3.8, 4) is 0 Å². The molecule has 0 radical (unpaired) electrons. The van der Waals surface area contributed by atoms with E-state index in [9.17, 15) is 4.79 Å². The van der Waals surface area contributed by atoms with Gasteiger partial charge in [-0.25, -0.2) is 4.98 Å². The van der Waals surface area contributed by atoms with Crippen molar-refractivity contribution in [3.63, 3.8) is 0 Å². The molecule has 2 saturated heterocycles. The van der Waals surface area contributed by atoms with Crippen LogP contribution in [-0.4, -0.2) is 72.8 Å². The van der Waals surface area contributed by atoms with Gasteiger partial charge in [-0.15, -0.1) is 0 Å².